The van der Waals surface area contributed by atoms with Crippen molar-refractivity contribution in [3.05, 3.63) is 46.4 Å². The Balaban J connectivity index is 1.85. The quantitative estimate of drug-likeness (QED) is 0.395. The summed E-state index contributed by atoms with van der Waals surface area (Å²) in [4.78, 5) is 36.3. The van der Waals surface area contributed by atoms with E-state index in [1.807, 2.05) is 0 Å². The van der Waals surface area contributed by atoms with Crippen molar-refractivity contribution in [2.75, 3.05) is 11.9 Å². The highest BCUT2D eigenvalue weighted by Crippen LogP contribution is 2.16. The van der Waals surface area contributed by atoms with Crippen LogP contribution in [0.4, 0.5) is 11.5 Å². The number of anilines is 1. The van der Waals surface area contributed by atoms with E-state index in [1.54, 1.807) is 31.2 Å². The summed E-state index contributed by atoms with van der Waals surface area (Å²) in [6.07, 6.45) is 1.66. The number of carbonyl (C=O) groups excluding carboxylic acids is 1. The number of hydrogen-bond acceptors (Lipinski definition) is 6. The molecule has 138 valence electrons. The number of rotatable bonds is 9. The number of aromatic nitrogens is 2. The molecule has 1 heterocycles. The summed E-state index contributed by atoms with van der Waals surface area (Å²) < 4.78 is 6.80. The molecule has 0 aliphatic rings. The number of benzene rings is 1. The minimum absolute atomic E-state index is 0.0416. The first-order valence-corrected chi connectivity index (χ1v) is 7.78. The van der Waals surface area contributed by atoms with Crippen LogP contribution >= 0.6 is 0 Å². The van der Waals surface area contributed by atoms with Crippen LogP contribution in [-0.4, -0.2) is 38.1 Å². The topological polar surface area (TPSA) is 137 Å². The number of carbonyl (C=O) groups is 2. The van der Waals surface area contributed by atoms with E-state index < -0.39 is 10.9 Å². The number of imidazole rings is 1. The van der Waals surface area contributed by atoms with Gasteiger partial charge in [-0.25, -0.2) is 0 Å². The summed E-state index contributed by atoms with van der Waals surface area (Å²) >= 11 is 0. The highest BCUT2D eigenvalue weighted by Gasteiger charge is 2.16. The fourth-order valence-electron chi connectivity index (χ4n) is 2.14. The molecule has 0 radical (unpaired) electrons. The largest absolute Gasteiger partial charge is 0.494 e. The number of hydrogen-bond donors (Lipinski definition) is 2. The van der Waals surface area contributed by atoms with Gasteiger partial charge in [-0.3, -0.25) is 14.2 Å². The van der Waals surface area contributed by atoms with Crippen molar-refractivity contribution in [3.8, 4) is 5.75 Å². The van der Waals surface area contributed by atoms with Crippen molar-refractivity contribution in [2.45, 2.75) is 26.3 Å². The molecule has 0 unspecified atom stereocenters. The molecule has 2 N–H and O–H groups in total. The van der Waals surface area contributed by atoms with Gasteiger partial charge < -0.3 is 25.3 Å². The lowest BCUT2D eigenvalue weighted by atomic mass is 10.3. The molecule has 0 saturated carbocycles. The molecule has 10 nitrogen and oxygen atoms in total. The monoisotopic (exact) mass is 362 g/mol. The average molecular weight is 362 g/mol. The van der Waals surface area contributed by atoms with Crippen molar-refractivity contribution < 1.29 is 24.4 Å². The third-order valence-corrected chi connectivity index (χ3v) is 3.41. The van der Waals surface area contributed by atoms with Gasteiger partial charge in [0.2, 0.25) is 11.7 Å². The standard InChI is InChI=1S/C16H18N4O6/c1-11-17-14(20(24)25)9-19(11)10-15(21)18-12-4-6-13(7-5-12)26-8-2-3-16(22)23/h4-7,9H,2-3,8,10H2,1H3,(H,18,21)(H,22,23). The maximum atomic E-state index is 12.1. The first-order valence-electron chi connectivity index (χ1n) is 7.78. The van der Waals surface area contributed by atoms with Gasteiger partial charge in [0.15, 0.2) is 0 Å². The Bertz CT molecular complexity index is 800. The summed E-state index contributed by atoms with van der Waals surface area (Å²) in [5.74, 6) is -0.591. The van der Waals surface area contributed by atoms with Crippen LogP contribution in [0.1, 0.15) is 18.7 Å². The number of nitrogens with one attached hydrogen (secondary N) is 1. The third kappa shape index (κ3) is 5.58. The lowest BCUT2D eigenvalue weighted by molar-refractivity contribution is -0.389. The molecule has 0 atom stereocenters. The second-order valence-electron chi connectivity index (χ2n) is 5.45. The van der Waals surface area contributed by atoms with E-state index in [0.29, 0.717) is 23.7 Å². The van der Waals surface area contributed by atoms with Crippen LogP contribution in [0.5, 0.6) is 5.75 Å². The Morgan fingerprint density at radius 3 is 2.62 bits per heavy atom. The molecule has 0 fully saturated rings. The number of aryl methyl sites for hydroxylation is 1. The molecule has 0 aliphatic heterocycles. The van der Waals surface area contributed by atoms with E-state index in [1.165, 1.54) is 10.8 Å². The van der Waals surface area contributed by atoms with Crippen LogP contribution in [0.3, 0.4) is 0 Å². The van der Waals surface area contributed by atoms with Crippen molar-refractivity contribution in [1.82, 2.24) is 9.55 Å². The lowest BCUT2D eigenvalue weighted by Gasteiger charge is -2.08. The highest BCUT2D eigenvalue weighted by atomic mass is 16.6. The SMILES string of the molecule is Cc1nc([N+](=O)[O-])cn1CC(=O)Nc1ccc(OCCCC(=O)O)cc1. The lowest BCUT2D eigenvalue weighted by Crippen LogP contribution is -2.19. The molecule has 0 saturated heterocycles. The van der Waals surface area contributed by atoms with Crippen molar-refractivity contribution in [1.29, 1.82) is 0 Å². The Kier molecular flexibility index (Phi) is 6.25. The fraction of sp³-hybridized carbons (Fsp3) is 0.312. The van der Waals surface area contributed by atoms with E-state index in [2.05, 4.69) is 10.3 Å². The van der Waals surface area contributed by atoms with Gasteiger partial charge in [-0.2, -0.15) is 0 Å². The minimum Gasteiger partial charge on any atom is -0.494 e. The number of ether oxygens (including phenoxy) is 1. The van der Waals surface area contributed by atoms with Gasteiger partial charge in [0.1, 0.15) is 18.5 Å². The second-order valence-corrected chi connectivity index (χ2v) is 5.45. The first kappa shape index (κ1) is 18.9. The molecule has 0 aliphatic carbocycles. The van der Waals surface area contributed by atoms with Crippen LogP contribution < -0.4 is 10.1 Å². The number of carboxylic acids is 1. The van der Waals surface area contributed by atoms with Crippen LogP contribution in [0.15, 0.2) is 30.5 Å². The number of aliphatic carboxylic acids is 1. The zero-order valence-electron chi connectivity index (χ0n) is 14.0. The molecule has 2 aromatic rings. The summed E-state index contributed by atoms with van der Waals surface area (Å²) in [6.45, 7) is 1.77. The van der Waals surface area contributed by atoms with Crippen LogP contribution in [0.25, 0.3) is 0 Å². The van der Waals surface area contributed by atoms with E-state index in [-0.39, 0.29) is 31.3 Å². The molecule has 26 heavy (non-hydrogen) atoms. The van der Waals surface area contributed by atoms with Crippen molar-refractivity contribution in [3.63, 3.8) is 0 Å². The Morgan fingerprint density at radius 1 is 1.35 bits per heavy atom. The zero-order valence-corrected chi connectivity index (χ0v) is 14.0. The summed E-state index contributed by atoms with van der Waals surface area (Å²) in [5.41, 5.74) is 0.542. The van der Waals surface area contributed by atoms with Gasteiger partial charge in [0.05, 0.1) is 6.61 Å². The van der Waals surface area contributed by atoms with Crippen LogP contribution in [0, 0.1) is 17.0 Å². The smallest absolute Gasteiger partial charge is 0.381 e. The van der Waals surface area contributed by atoms with Gasteiger partial charge in [-0.05, 0) is 40.6 Å². The predicted molar refractivity (Wildman–Crippen MR) is 91.1 cm³/mol. The van der Waals surface area contributed by atoms with Gasteiger partial charge in [-0.15, -0.1) is 0 Å². The molecule has 2 rings (SSSR count). The van der Waals surface area contributed by atoms with E-state index in [9.17, 15) is 19.7 Å². The van der Waals surface area contributed by atoms with E-state index >= 15 is 0 Å². The Morgan fingerprint density at radius 2 is 2.04 bits per heavy atom. The molecule has 0 spiro atoms. The van der Waals surface area contributed by atoms with Crippen molar-refractivity contribution >= 4 is 23.4 Å². The molecule has 0 bridgehead atoms. The van der Waals surface area contributed by atoms with E-state index in [4.69, 9.17) is 9.84 Å². The van der Waals surface area contributed by atoms with Gasteiger partial charge in [0.25, 0.3) is 0 Å². The van der Waals surface area contributed by atoms with Gasteiger partial charge in [-0.1, -0.05) is 0 Å². The number of nitrogens with zero attached hydrogens (tertiary/aromatic N) is 3. The molecule has 10 heteroatoms. The molecule has 1 amide bonds. The molecular formula is C16H18N4O6. The average Bonchev–Trinajstić information content (AvgIpc) is 2.94. The maximum Gasteiger partial charge on any atom is 0.381 e. The molecular weight excluding hydrogens is 344 g/mol. The number of amides is 1. The van der Waals surface area contributed by atoms with Gasteiger partial charge >= 0.3 is 11.8 Å². The van der Waals surface area contributed by atoms with Crippen LogP contribution in [0.2, 0.25) is 0 Å². The normalized spacial score (nSPS) is 10.3. The summed E-state index contributed by atoms with van der Waals surface area (Å²) in [6, 6.07) is 6.61. The highest BCUT2D eigenvalue weighted by molar-refractivity contribution is 5.90. The van der Waals surface area contributed by atoms with Gasteiger partial charge in [0, 0.05) is 19.0 Å². The molecule has 1 aromatic heterocycles. The predicted octanol–water partition coefficient (Wildman–Crippen LogP) is 1.98. The zero-order chi connectivity index (χ0) is 19.1. The minimum atomic E-state index is -0.870. The fourth-order valence-corrected chi connectivity index (χ4v) is 2.14. The Hall–Kier alpha value is -3.43. The first-order chi connectivity index (χ1) is 12.3. The summed E-state index contributed by atoms with van der Waals surface area (Å²) in [7, 11) is 0. The number of carboxylic acid groups (broad SMARTS) is 1. The molecule has 1 aromatic carbocycles. The third-order valence-electron chi connectivity index (χ3n) is 3.41. The van der Waals surface area contributed by atoms with E-state index in [0.717, 1.165) is 0 Å². The Labute approximate surface area is 148 Å². The van der Waals surface area contributed by atoms with Crippen molar-refractivity contribution in [2.24, 2.45) is 0 Å². The maximum absolute atomic E-state index is 12.1. The second kappa shape index (κ2) is 8.60. The number of nitro groups is 1. The summed E-state index contributed by atoms with van der Waals surface area (Å²) in [5, 5.41) is 21.9. The van der Waals surface area contributed by atoms with Crippen LogP contribution in [-0.2, 0) is 16.1 Å².